The lowest BCUT2D eigenvalue weighted by Gasteiger charge is -2.42. The van der Waals surface area contributed by atoms with Crippen molar-refractivity contribution in [3.63, 3.8) is 0 Å². The molecular formula is C8H14S. The van der Waals surface area contributed by atoms with Gasteiger partial charge in [-0.25, -0.2) is 0 Å². The second-order valence-corrected chi connectivity index (χ2v) is 5.13. The fraction of sp³-hybridized carbons (Fsp3) is 0.750. The molecule has 0 bridgehead atoms. The monoisotopic (exact) mass is 142 g/mol. The molecular weight excluding hydrogens is 128 g/mol. The summed E-state index contributed by atoms with van der Waals surface area (Å²) in [5, 5.41) is 2.17. The maximum atomic E-state index is 2.29. The number of hydrogen-bond donors (Lipinski definition) is 0. The molecule has 0 radical (unpaired) electrons. The standard InChI is InChI=1S/C8H14S/c1-7(2,3)8(4)5-6-9-8/h5-6H,1-4H3. The van der Waals surface area contributed by atoms with Crippen molar-refractivity contribution >= 4 is 11.8 Å². The Morgan fingerprint density at radius 3 is 1.78 bits per heavy atom. The lowest BCUT2D eigenvalue weighted by molar-refractivity contribution is 0.344. The van der Waals surface area contributed by atoms with Gasteiger partial charge in [0.15, 0.2) is 0 Å². The maximum absolute atomic E-state index is 2.29. The van der Waals surface area contributed by atoms with Crippen LogP contribution in [0.1, 0.15) is 27.7 Å². The quantitative estimate of drug-likeness (QED) is 0.501. The normalized spacial score (nSPS) is 34.2. The van der Waals surface area contributed by atoms with E-state index >= 15 is 0 Å². The third-order valence-electron chi connectivity index (χ3n) is 2.19. The van der Waals surface area contributed by atoms with Crippen LogP contribution in [0, 0.1) is 5.41 Å². The van der Waals surface area contributed by atoms with E-state index in [2.05, 4.69) is 39.2 Å². The Morgan fingerprint density at radius 2 is 1.78 bits per heavy atom. The van der Waals surface area contributed by atoms with Gasteiger partial charge in [-0.05, 0) is 17.7 Å². The van der Waals surface area contributed by atoms with E-state index < -0.39 is 0 Å². The number of hydrogen-bond acceptors (Lipinski definition) is 1. The average Bonchev–Trinajstić information content (AvgIpc) is 1.57. The Balaban J connectivity index is 2.73. The molecule has 0 aliphatic carbocycles. The highest BCUT2D eigenvalue weighted by atomic mass is 32.2. The van der Waals surface area contributed by atoms with Crippen molar-refractivity contribution in [1.82, 2.24) is 0 Å². The largest absolute Gasteiger partial charge is 0.123 e. The zero-order valence-electron chi connectivity index (χ0n) is 6.56. The summed E-state index contributed by atoms with van der Waals surface area (Å²) in [5.41, 5.74) is 0.409. The SMILES string of the molecule is CC(C)(C)C1(C)C=CS1. The van der Waals surface area contributed by atoms with E-state index in [0.717, 1.165) is 0 Å². The molecule has 1 rings (SSSR count). The van der Waals surface area contributed by atoms with Gasteiger partial charge in [0.1, 0.15) is 0 Å². The Morgan fingerprint density at radius 1 is 1.33 bits per heavy atom. The highest BCUT2D eigenvalue weighted by Gasteiger charge is 2.38. The zero-order chi connectivity index (χ0) is 7.12. The van der Waals surface area contributed by atoms with Crippen molar-refractivity contribution in [1.29, 1.82) is 0 Å². The van der Waals surface area contributed by atoms with E-state index in [-0.39, 0.29) is 0 Å². The van der Waals surface area contributed by atoms with E-state index in [4.69, 9.17) is 0 Å². The lowest BCUT2D eigenvalue weighted by Crippen LogP contribution is -2.37. The first-order valence-electron chi connectivity index (χ1n) is 3.31. The molecule has 1 heteroatoms. The van der Waals surface area contributed by atoms with Crippen LogP contribution in [0.3, 0.4) is 0 Å². The molecule has 0 aromatic heterocycles. The molecule has 9 heavy (non-hydrogen) atoms. The maximum Gasteiger partial charge on any atom is 0.0408 e. The summed E-state index contributed by atoms with van der Waals surface area (Å²) in [5.74, 6) is 0. The van der Waals surface area contributed by atoms with Crippen molar-refractivity contribution in [2.24, 2.45) is 5.41 Å². The van der Waals surface area contributed by atoms with Crippen molar-refractivity contribution in [3.05, 3.63) is 11.5 Å². The van der Waals surface area contributed by atoms with Gasteiger partial charge < -0.3 is 0 Å². The first-order chi connectivity index (χ1) is 3.96. The summed E-state index contributed by atoms with van der Waals surface area (Å²) in [4.78, 5) is 0. The van der Waals surface area contributed by atoms with Crippen LogP contribution in [0.4, 0.5) is 0 Å². The smallest absolute Gasteiger partial charge is 0.0408 e. The predicted octanol–water partition coefficient (Wildman–Crippen LogP) is 3.05. The van der Waals surface area contributed by atoms with Crippen LogP contribution in [0.25, 0.3) is 0 Å². The first-order valence-corrected chi connectivity index (χ1v) is 4.19. The van der Waals surface area contributed by atoms with E-state index in [1.165, 1.54) is 0 Å². The third kappa shape index (κ3) is 1.03. The van der Waals surface area contributed by atoms with Crippen molar-refractivity contribution in [2.75, 3.05) is 0 Å². The van der Waals surface area contributed by atoms with Crippen LogP contribution in [0.15, 0.2) is 11.5 Å². The highest BCUT2D eigenvalue weighted by molar-refractivity contribution is 8.05. The van der Waals surface area contributed by atoms with Gasteiger partial charge in [0.25, 0.3) is 0 Å². The molecule has 0 nitrogen and oxygen atoms in total. The second kappa shape index (κ2) is 1.79. The molecule has 0 aromatic rings. The molecule has 1 unspecified atom stereocenters. The summed E-state index contributed by atoms with van der Waals surface area (Å²) in [6, 6.07) is 0. The molecule has 1 heterocycles. The van der Waals surface area contributed by atoms with Crippen LogP contribution in [0.5, 0.6) is 0 Å². The van der Waals surface area contributed by atoms with Gasteiger partial charge in [-0.3, -0.25) is 0 Å². The minimum Gasteiger partial charge on any atom is -0.123 e. The Hall–Kier alpha value is 0.0900. The Bertz CT molecular complexity index is 141. The van der Waals surface area contributed by atoms with Gasteiger partial charge in [0, 0.05) is 4.75 Å². The van der Waals surface area contributed by atoms with E-state index in [1.54, 1.807) is 0 Å². The number of rotatable bonds is 0. The van der Waals surface area contributed by atoms with Crippen LogP contribution in [-0.2, 0) is 0 Å². The van der Waals surface area contributed by atoms with Crippen molar-refractivity contribution in [3.8, 4) is 0 Å². The summed E-state index contributed by atoms with van der Waals surface area (Å²) in [6.07, 6.45) is 2.29. The molecule has 52 valence electrons. The molecule has 0 spiro atoms. The zero-order valence-corrected chi connectivity index (χ0v) is 7.38. The predicted molar refractivity (Wildman–Crippen MR) is 44.6 cm³/mol. The first kappa shape index (κ1) is 7.20. The van der Waals surface area contributed by atoms with Crippen LogP contribution < -0.4 is 0 Å². The van der Waals surface area contributed by atoms with Gasteiger partial charge >= 0.3 is 0 Å². The summed E-state index contributed by atoms with van der Waals surface area (Å²) in [6.45, 7) is 9.13. The minimum atomic E-state index is 0.396. The van der Waals surface area contributed by atoms with E-state index in [9.17, 15) is 0 Å². The van der Waals surface area contributed by atoms with Crippen molar-refractivity contribution in [2.45, 2.75) is 32.4 Å². The molecule has 0 aromatic carbocycles. The second-order valence-electron chi connectivity index (χ2n) is 3.78. The highest BCUT2D eigenvalue weighted by Crippen LogP contribution is 2.49. The molecule has 0 N–H and O–H groups in total. The molecule has 0 fully saturated rings. The molecule has 0 saturated carbocycles. The van der Waals surface area contributed by atoms with E-state index in [1.807, 2.05) is 11.8 Å². The Labute approximate surface area is 61.7 Å². The average molecular weight is 142 g/mol. The summed E-state index contributed by atoms with van der Waals surface area (Å²) in [7, 11) is 0. The fourth-order valence-corrected chi connectivity index (χ4v) is 1.60. The third-order valence-corrected chi connectivity index (χ3v) is 3.70. The van der Waals surface area contributed by atoms with Gasteiger partial charge in [-0.15, -0.1) is 11.8 Å². The molecule has 0 amide bonds. The Kier molecular flexibility index (Phi) is 1.43. The van der Waals surface area contributed by atoms with Crippen LogP contribution >= 0.6 is 11.8 Å². The molecule has 0 saturated heterocycles. The topological polar surface area (TPSA) is 0 Å². The van der Waals surface area contributed by atoms with Gasteiger partial charge in [-0.2, -0.15) is 0 Å². The lowest BCUT2D eigenvalue weighted by atomic mass is 9.81. The number of thioether (sulfide) groups is 1. The minimum absolute atomic E-state index is 0.396. The molecule has 1 aliphatic rings. The fourth-order valence-electron chi connectivity index (χ4n) is 0.699. The van der Waals surface area contributed by atoms with Gasteiger partial charge in [-0.1, -0.05) is 26.8 Å². The van der Waals surface area contributed by atoms with Crippen molar-refractivity contribution < 1.29 is 0 Å². The van der Waals surface area contributed by atoms with Crippen LogP contribution in [-0.4, -0.2) is 4.75 Å². The van der Waals surface area contributed by atoms with Crippen LogP contribution in [0.2, 0.25) is 0 Å². The summed E-state index contributed by atoms with van der Waals surface area (Å²) < 4.78 is 0.396. The summed E-state index contributed by atoms with van der Waals surface area (Å²) >= 11 is 1.93. The van der Waals surface area contributed by atoms with Gasteiger partial charge in [0.05, 0.1) is 0 Å². The van der Waals surface area contributed by atoms with E-state index in [0.29, 0.717) is 10.2 Å². The molecule has 1 atom stereocenters. The molecule has 1 aliphatic heterocycles. The van der Waals surface area contributed by atoms with Gasteiger partial charge in [0.2, 0.25) is 0 Å².